The summed E-state index contributed by atoms with van der Waals surface area (Å²) in [4.78, 5) is 26.5. The van der Waals surface area contributed by atoms with Crippen LogP contribution in [0.4, 0.5) is 9.52 Å². The predicted octanol–water partition coefficient (Wildman–Crippen LogP) is 4.84. The Morgan fingerprint density at radius 2 is 1.94 bits per heavy atom. The van der Waals surface area contributed by atoms with Gasteiger partial charge >= 0.3 is 0 Å². The molecule has 1 amide bonds. The molecule has 0 bridgehead atoms. The number of aromatic nitrogens is 2. The average molecular weight is 493 g/mol. The smallest absolute Gasteiger partial charge is 0.260 e. The van der Waals surface area contributed by atoms with Crippen molar-refractivity contribution >= 4 is 66.6 Å². The number of rotatable bonds is 6. The molecule has 0 N–H and O–H groups in total. The summed E-state index contributed by atoms with van der Waals surface area (Å²) in [6.45, 7) is 4.76. The molecule has 1 aliphatic heterocycles. The number of anilines is 1. The molecule has 1 saturated heterocycles. The van der Waals surface area contributed by atoms with Crippen LogP contribution in [0.25, 0.3) is 20.4 Å². The largest absolute Gasteiger partial charge is 0.379 e. The maximum Gasteiger partial charge on any atom is 0.260 e. The summed E-state index contributed by atoms with van der Waals surface area (Å²) in [6, 6.07) is 10.1. The second-order valence-electron chi connectivity index (χ2n) is 7.41. The SMILES string of the molecule is Cl.O=C(c1ccc2ncsc2c1)N(CCCN1CCOCC1)c1nc2ccc(F)cc2s1. The standard InChI is InChI=1S/C22H21FN4O2S2.ClH/c23-16-3-5-18-20(13-16)31-22(25-18)27(7-1-6-26-8-10-29-11-9-26)21(28)15-2-4-17-19(12-15)30-14-24-17;/h2-5,12-14H,1,6-11H2;1H. The van der Waals surface area contributed by atoms with E-state index in [9.17, 15) is 9.18 Å². The van der Waals surface area contributed by atoms with Gasteiger partial charge in [-0.1, -0.05) is 11.3 Å². The monoisotopic (exact) mass is 492 g/mol. The van der Waals surface area contributed by atoms with Crippen molar-refractivity contribution in [2.24, 2.45) is 0 Å². The van der Waals surface area contributed by atoms with Gasteiger partial charge in [0.2, 0.25) is 0 Å². The molecule has 0 atom stereocenters. The van der Waals surface area contributed by atoms with Gasteiger partial charge in [-0.3, -0.25) is 14.6 Å². The van der Waals surface area contributed by atoms with Gasteiger partial charge < -0.3 is 4.74 Å². The Morgan fingerprint density at radius 1 is 1.12 bits per heavy atom. The molecule has 0 spiro atoms. The van der Waals surface area contributed by atoms with Gasteiger partial charge in [-0.05, 0) is 42.8 Å². The van der Waals surface area contributed by atoms with Crippen LogP contribution in [0.3, 0.4) is 0 Å². The second-order valence-corrected chi connectivity index (χ2v) is 9.30. The Kier molecular flexibility index (Phi) is 7.32. The normalized spacial score (nSPS) is 14.5. The van der Waals surface area contributed by atoms with Gasteiger partial charge in [0.05, 0.1) is 39.2 Å². The summed E-state index contributed by atoms with van der Waals surface area (Å²) in [6.07, 6.45) is 0.818. The first-order valence-electron chi connectivity index (χ1n) is 10.2. The van der Waals surface area contributed by atoms with E-state index in [1.165, 1.54) is 34.8 Å². The highest BCUT2D eigenvalue weighted by molar-refractivity contribution is 7.22. The van der Waals surface area contributed by atoms with Crippen LogP contribution in [0.2, 0.25) is 0 Å². The lowest BCUT2D eigenvalue weighted by molar-refractivity contribution is 0.0376. The number of morpholine rings is 1. The lowest BCUT2D eigenvalue weighted by atomic mass is 10.2. The minimum atomic E-state index is -0.302. The summed E-state index contributed by atoms with van der Waals surface area (Å²) in [7, 11) is 0. The molecule has 2 aromatic heterocycles. The molecular formula is C22H22ClFN4O2S2. The number of thiazole rings is 2. The number of carbonyl (C=O) groups excluding carboxylic acids is 1. The molecule has 0 saturated carbocycles. The third-order valence-corrected chi connectivity index (χ3v) is 7.19. The maximum atomic E-state index is 13.7. The van der Waals surface area contributed by atoms with Gasteiger partial charge in [-0.15, -0.1) is 23.7 Å². The zero-order chi connectivity index (χ0) is 21.2. The first-order valence-corrected chi connectivity index (χ1v) is 11.9. The summed E-state index contributed by atoms with van der Waals surface area (Å²) in [5.74, 6) is -0.402. The van der Waals surface area contributed by atoms with Crippen molar-refractivity contribution in [3.63, 3.8) is 0 Å². The Morgan fingerprint density at radius 3 is 2.78 bits per heavy atom. The second kappa shape index (κ2) is 10.2. The van der Waals surface area contributed by atoms with E-state index in [4.69, 9.17) is 4.74 Å². The molecule has 1 fully saturated rings. The highest BCUT2D eigenvalue weighted by Crippen LogP contribution is 2.31. The minimum Gasteiger partial charge on any atom is -0.379 e. The highest BCUT2D eigenvalue weighted by Gasteiger charge is 2.22. The number of hydrogen-bond acceptors (Lipinski definition) is 7. The van der Waals surface area contributed by atoms with E-state index >= 15 is 0 Å². The van der Waals surface area contributed by atoms with E-state index in [0.29, 0.717) is 22.8 Å². The first-order chi connectivity index (χ1) is 15.2. The number of ether oxygens (including phenoxy) is 1. The molecule has 0 aliphatic carbocycles. The fourth-order valence-corrected chi connectivity index (χ4v) is 5.44. The Labute approximate surface area is 199 Å². The van der Waals surface area contributed by atoms with E-state index in [2.05, 4.69) is 14.9 Å². The van der Waals surface area contributed by atoms with E-state index in [-0.39, 0.29) is 24.1 Å². The van der Waals surface area contributed by atoms with Crippen molar-refractivity contribution in [1.29, 1.82) is 0 Å². The number of hydrogen-bond donors (Lipinski definition) is 0. The Hall–Kier alpha value is -2.17. The summed E-state index contributed by atoms with van der Waals surface area (Å²) >= 11 is 2.86. The lowest BCUT2D eigenvalue weighted by Crippen LogP contribution is -2.39. The van der Waals surface area contributed by atoms with Crippen molar-refractivity contribution in [3.05, 3.63) is 53.3 Å². The summed E-state index contributed by atoms with van der Waals surface area (Å²) in [5.41, 5.74) is 3.97. The van der Waals surface area contributed by atoms with Gasteiger partial charge in [0.1, 0.15) is 5.82 Å². The van der Waals surface area contributed by atoms with Crippen molar-refractivity contribution in [3.8, 4) is 0 Å². The summed E-state index contributed by atoms with van der Waals surface area (Å²) < 4.78 is 20.8. The molecule has 168 valence electrons. The molecule has 3 heterocycles. The molecule has 1 aliphatic rings. The number of carbonyl (C=O) groups is 1. The first kappa shape index (κ1) is 23.0. The topological polar surface area (TPSA) is 58.6 Å². The molecule has 32 heavy (non-hydrogen) atoms. The van der Waals surface area contributed by atoms with Crippen molar-refractivity contribution in [2.45, 2.75) is 6.42 Å². The zero-order valence-corrected chi connectivity index (χ0v) is 19.6. The van der Waals surface area contributed by atoms with Crippen LogP contribution in [0.5, 0.6) is 0 Å². The highest BCUT2D eigenvalue weighted by atomic mass is 35.5. The quantitative estimate of drug-likeness (QED) is 0.385. The Bertz CT molecular complexity index is 1230. The lowest BCUT2D eigenvalue weighted by Gasteiger charge is -2.27. The van der Waals surface area contributed by atoms with Crippen molar-refractivity contribution in [1.82, 2.24) is 14.9 Å². The average Bonchev–Trinajstić information content (AvgIpc) is 3.42. The van der Waals surface area contributed by atoms with E-state index < -0.39 is 0 Å². The molecule has 4 aromatic rings. The zero-order valence-electron chi connectivity index (χ0n) is 17.2. The third-order valence-electron chi connectivity index (χ3n) is 5.35. The molecule has 6 nitrogen and oxygen atoms in total. The van der Waals surface area contributed by atoms with Crippen molar-refractivity contribution in [2.75, 3.05) is 44.3 Å². The van der Waals surface area contributed by atoms with Crippen LogP contribution >= 0.6 is 35.1 Å². The third kappa shape index (κ3) is 4.92. The van der Waals surface area contributed by atoms with E-state index in [0.717, 1.165) is 54.2 Å². The van der Waals surface area contributed by atoms with Crippen LogP contribution in [-0.4, -0.2) is 60.2 Å². The van der Waals surface area contributed by atoms with Gasteiger partial charge in [0.15, 0.2) is 5.13 Å². The van der Waals surface area contributed by atoms with Gasteiger partial charge in [-0.25, -0.2) is 14.4 Å². The van der Waals surface area contributed by atoms with Crippen LogP contribution in [-0.2, 0) is 4.74 Å². The molecule has 5 rings (SSSR count). The predicted molar refractivity (Wildman–Crippen MR) is 130 cm³/mol. The number of fused-ring (bicyclic) bond motifs is 2. The van der Waals surface area contributed by atoms with Crippen LogP contribution in [0, 0.1) is 5.82 Å². The van der Waals surface area contributed by atoms with Gasteiger partial charge in [0.25, 0.3) is 5.91 Å². The molecule has 2 aromatic carbocycles. The minimum absolute atomic E-state index is 0. The Balaban J connectivity index is 0.00000245. The van der Waals surface area contributed by atoms with E-state index in [1.54, 1.807) is 16.5 Å². The fourth-order valence-electron chi connectivity index (χ4n) is 3.71. The summed E-state index contributed by atoms with van der Waals surface area (Å²) in [5, 5.41) is 0.594. The van der Waals surface area contributed by atoms with Crippen LogP contribution in [0.1, 0.15) is 16.8 Å². The van der Waals surface area contributed by atoms with Crippen LogP contribution < -0.4 is 4.90 Å². The number of nitrogens with zero attached hydrogens (tertiary/aromatic N) is 4. The molecular weight excluding hydrogens is 471 g/mol. The van der Waals surface area contributed by atoms with Gasteiger partial charge in [0, 0.05) is 31.7 Å². The molecule has 0 unspecified atom stereocenters. The van der Waals surface area contributed by atoms with Crippen molar-refractivity contribution < 1.29 is 13.9 Å². The molecule has 0 radical (unpaired) electrons. The number of benzene rings is 2. The fraction of sp³-hybridized carbons (Fsp3) is 0.318. The van der Waals surface area contributed by atoms with E-state index in [1.807, 2.05) is 18.2 Å². The molecule has 10 heteroatoms. The van der Waals surface area contributed by atoms with Gasteiger partial charge in [-0.2, -0.15) is 0 Å². The number of amides is 1. The number of halogens is 2. The van der Waals surface area contributed by atoms with Crippen LogP contribution in [0.15, 0.2) is 41.9 Å². The maximum absolute atomic E-state index is 13.7.